The first-order chi connectivity index (χ1) is 14.2. The number of aromatic nitrogens is 3. The molecule has 7 heteroatoms. The predicted molar refractivity (Wildman–Crippen MR) is 121 cm³/mol. The summed E-state index contributed by atoms with van der Waals surface area (Å²) in [6, 6.07) is 8.48. The highest BCUT2D eigenvalue weighted by Gasteiger charge is 2.35. The number of thioether (sulfide) groups is 1. The number of carbonyl (C=O) groups excluding carboxylic acids is 1. The van der Waals surface area contributed by atoms with Crippen LogP contribution in [-0.2, 0) is 11.3 Å². The van der Waals surface area contributed by atoms with Gasteiger partial charge in [0.15, 0.2) is 11.0 Å². The van der Waals surface area contributed by atoms with Gasteiger partial charge in [0.1, 0.15) is 0 Å². The molecule has 0 unspecified atom stereocenters. The molecule has 0 N–H and O–H groups in total. The molecule has 29 heavy (non-hydrogen) atoms. The Morgan fingerprint density at radius 1 is 1.17 bits per heavy atom. The second kappa shape index (κ2) is 9.47. The van der Waals surface area contributed by atoms with Crippen molar-refractivity contribution in [3.05, 3.63) is 41.4 Å². The average molecular weight is 475 g/mol. The molecule has 0 bridgehead atoms. The number of allylic oxidation sites excluding steroid dienone is 1. The Kier molecular flexibility index (Phi) is 6.75. The fourth-order valence-electron chi connectivity index (χ4n) is 4.65. The van der Waals surface area contributed by atoms with E-state index in [2.05, 4.69) is 37.6 Å². The van der Waals surface area contributed by atoms with E-state index in [4.69, 9.17) is 0 Å². The van der Waals surface area contributed by atoms with Gasteiger partial charge < -0.3 is 4.90 Å². The van der Waals surface area contributed by atoms with Gasteiger partial charge in [0.2, 0.25) is 5.91 Å². The van der Waals surface area contributed by atoms with Crippen molar-refractivity contribution in [3.8, 4) is 11.4 Å². The minimum absolute atomic E-state index is 0.241. The second-order valence-corrected chi connectivity index (χ2v) is 9.70. The molecule has 1 aromatic heterocycles. The number of fused-ring (bicyclic) bond motifs is 1. The molecule has 1 aliphatic carbocycles. The molecule has 1 aliphatic heterocycles. The Bertz CT molecular complexity index is 864. The van der Waals surface area contributed by atoms with Gasteiger partial charge in [0.25, 0.3) is 0 Å². The zero-order valence-electron chi connectivity index (χ0n) is 16.6. The highest BCUT2D eigenvalue weighted by atomic mass is 79.9. The predicted octanol–water partition coefficient (Wildman–Crippen LogP) is 5.17. The zero-order valence-corrected chi connectivity index (χ0v) is 19.0. The molecule has 1 aromatic carbocycles. The van der Waals surface area contributed by atoms with Crippen molar-refractivity contribution in [1.29, 1.82) is 0 Å². The summed E-state index contributed by atoms with van der Waals surface area (Å²) in [5.74, 6) is 2.17. The van der Waals surface area contributed by atoms with Crippen LogP contribution in [0.4, 0.5) is 0 Å². The van der Waals surface area contributed by atoms with Crippen molar-refractivity contribution in [2.75, 3.05) is 12.3 Å². The van der Waals surface area contributed by atoms with Crippen LogP contribution in [0, 0.1) is 5.92 Å². The third-order valence-corrected chi connectivity index (χ3v) is 7.50. The number of halogens is 1. The summed E-state index contributed by atoms with van der Waals surface area (Å²) < 4.78 is 3.06. The maximum atomic E-state index is 13.0. The van der Waals surface area contributed by atoms with Crippen LogP contribution in [0.5, 0.6) is 0 Å². The summed E-state index contributed by atoms with van der Waals surface area (Å²) in [5, 5.41) is 9.54. The fraction of sp³-hybridized carbons (Fsp3) is 0.500. The number of hydrogen-bond acceptors (Lipinski definition) is 4. The van der Waals surface area contributed by atoms with Gasteiger partial charge in [-0.1, -0.05) is 58.7 Å². The molecule has 0 radical (unpaired) electrons. The van der Waals surface area contributed by atoms with Gasteiger partial charge in [0, 0.05) is 29.2 Å². The molecular formula is C22H27BrN4OS. The topological polar surface area (TPSA) is 51.0 Å². The standard InChI is InChI=1S/C22H27BrN4OS/c1-2-13-27-21(17-9-11-18(23)12-10-17)24-25-22(27)29-15-20(28)26-14-5-7-16-6-3-4-8-19(16)26/h2,9-12,16,19H,1,3-8,13-15H2/t16-,19-/m1/s1. The summed E-state index contributed by atoms with van der Waals surface area (Å²) in [6.07, 6.45) is 9.29. The molecule has 2 heterocycles. The van der Waals surface area contributed by atoms with E-state index >= 15 is 0 Å². The van der Waals surface area contributed by atoms with Gasteiger partial charge >= 0.3 is 0 Å². The van der Waals surface area contributed by atoms with E-state index < -0.39 is 0 Å². The van der Waals surface area contributed by atoms with Crippen LogP contribution in [0.15, 0.2) is 46.5 Å². The SMILES string of the molecule is C=CCn1c(SCC(=O)N2CCC[C@H]3CCCC[C@H]32)nnc1-c1ccc(Br)cc1. The van der Waals surface area contributed by atoms with Crippen molar-refractivity contribution >= 4 is 33.6 Å². The van der Waals surface area contributed by atoms with Gasteiger partial charge in [-0.15, -0.1) is 16.8 Å². The van der Waals surface area contributed by atoms with E-state index in [1.165, 1.54) is 43.9 Å². The van der Waals surface area contributed by atoms with E-state index in [0.29, 0.717) is 24.3 Å². The first-order valence-electron chi connectivity index (χ1n) is 10.4. The first kappa shape index (κ1) is 20.7. The van der Waals surface area contributed by atoms with Crippen LogP contribution >= 0.6 is 27.7 Å². The van der Waals surface area contributed by atoms with E-state index in [1.807, 2.05) is 34.9 Å². The van der Waals surface area contributed by atoms with Crippen LogP contribution < -0.4 is 0 Å². The Morgan fingerprint density at radius 3 is 2.72 bits per heavy atom. The maximum absolute atomic E-state index is 13.0. The summed E-state index contributed by atoms with van der Waals surface area (Å²) in [4.78, 5) is 15.2. The number of piperidine rings is 1. The molecule has 5 nitrogen and oxygen atoms in total. The van der Waals surface area contributed by atoms with Crippen LogP contribution in [0.25, 0.3) is 11.4 Å². The molecule has 2 aromatic rings. The van der Waals surface area contributed by atoms with Crippen LogP contribution in [-0.4, -0.2) is 43.9 Å². The summed E-state index contributed by atoms with van der Waals surface area (Å²) in [7, 11) is 0. The Hall–Kier alpha value is -1.60. The van der Waals surface area contributed by atoms with E-state index in [-0.39, 0.29) is 5.91 Å². The molecule has 2 aliphatic rings. The van der Waals surface area contributed by atoms with Gasteiger partial charge in [0.05, 0.1) is 5.75 Å². The van der Waals surface area contributed by atoms with Crippen molar-refractivity contribution in [2.45, 2.75) is 56.3 Å². The smallest absolute Gasteiger partial charge is 0.233 e. The summed E-state index contributed by atoms with van der Waals surface area (Å²) >= 11 is 4.96. The largest absolute Gasteiger partial charge is 0.339 e. The number of hydrogen-bond donors (Lipinski definition) is 0. The van der Waals surface area contributed by atoms with Gasteiger partial charge in [-0.05, 0) is 43.7 Å². The van der Waals surface area contributed by atoms with Crippen molar-refractivity contribution in [2.24, 2.45) is 5.92 Å². The second-order valence-electron chi connectivity index (χ2n) is 7.84. The number of carbonyl (C=O) groups is 1. The number of amides is 1. The Labute approximate surface area is 185 Å². The van der Waals surface area contributed by atoms with Crippen LogP contribution in [0.1, 0.15) is 38.5 Å². The summed E-state index contributed by atoms with van der Waals surface area (Å²) in [5.41, 5.74) is 1.00. The molecule has 2 fully saturated rings. The average Bonchev–Trinajstić information content (AvgIpc) is 3.15. The number of rotatable bonds is 6. The van der Waals surface area contributed by atoms with Gasteiger partial charge in [-0.25, -0.2) is 0 Å². The molecule has 2 atom stereocenters. The third-order valence-electron chi connectivity index (χ3n) is 6.02. The lowest BCUT2D eigenvalue weighted by molar-refractivity contribution is -0.134. The summed E-state index contributed by atoms with van der Waals surface area (Å²) in [6.45, 7) is 5.39. The van der Waals surface area contributed by atoms with E-state index in [1.54, 1.807) is 0 Å². The molecule has 154 valence electrons. The van der Waals surface area contributed by atoms with Crippen LogP contribution in [0.2, 0.25) is 0 Å². The van der Waals surface area contributed by atoms with Gasteiger partial charge in [-0.3, -0.25) is 9.36 Å². The van der Waals surface area contributed by atoms with Crippen LogP contribution in [0.3, 0.4) is 0 Å². The van der Waals surface area contributed by atoms with Gasteiger partial charge in [-0.2, -0.15) is 0 Å². The number of nitrogens with zero attached hydrogens (tertiary/aromatic N) is 4. The van der Waals surface area contributed by atoms with E-state index in [9.17, 15) is 4.79 Å². The highest BCUT2D eigenvalue weighted by Crippen LogP contribution is 2.36. The third kappa shape index (κ3) is 4.61. The molecule has 1 saturated heterocycles. The van der Waals surface area contributed by atoms with Crippen molar-refractivity contribution in [3.63, 3.8) is 0 Å². The maximum Gasteiger partial charge on any atom is 0.233 e. The van der Waals surface area contributed by atoms with Crippen molar-refractivity contribution in [1.82, 2.24) is 19.7 Å². The molecular weight excluding hydrogens is 448 g/mol. The lowest BCUT2D eigenvalue weighted by Crippen LogP contribution is -2.50. The monoisotopic (exact) mass is 474 g/mol. The Morgan fingerprint density at radius 2 is 1.93 bits per heavy atom. The molecule has 1 amide bonds. The normalized spacial score (nSPS) is 21.6. The number of likely N-dealkylation sites (tertiary alicyclic amines) is 1. The lowest BCUT2D eigenvalue weighted by atomic mass is 9.78. The zero-order chi connectivity index (χ0) is 20.2. The van der Waals surface area contributed by atoms with Crippen molar-refractivity contribution < 1.29 is 4.79 Å². The van der Waals surface area contributed by atoms with E-state index in [0.717, 1.165) is 34.0 Å². The quantitative estimate of drug-likeness (QED) is 0.428. The first-order valence-corrected chi connectivity index (χ1v) is 12.2. The minimum atomic E-state index is 0.241. The highest BCUT2D eigenvalue weighted by molar-refractivity contribution is 9.10. The molecule has 1 saturated carbocycles. The fourth-order valence-corrected chi connectivity index (χ4v) is 5.74. The molecule has 0 spiro atoms. The minimum Gasteiger partial charge on any atom is -0.339 e. The Balaban J connectivity index is 1.47. The number of benzene rings is 1. The molecule has 4 rings (SSSR count). The lowest BCUT2D eigenvalue weighted by Gasteiger charge is -2.44.